The van der Waals surface area contributed by atoms with Crippen molar-refractivity contribution >= 4 is 18.0 Å². The Balaban J connectivity index is 2.42. The highest BCUT2D eigenvalue weighted by molar-refractivity contribution is 5.82. The Kier molecular flexibility index (Phi) is 10.8. The van der Waals surface area contributed by atoms with Crippen molar-refractivity contribution in [2.75, 3.05) is 6.54 Å². The van der Waals surface area contributed by atoms with Crippen LogP contribution in [0.5, 0.6) is 0 Å². The van der Waals surface area contributed by atoms with Crippen molar-refractivity contribution in [2.45, 2.75) is 78.0 Å². The van der Waals surface area contributed by atoms with Gasteiger partial charge in [0.1, 0.15) is 18.8 Å². The van der Waals surface area contributed by atoms with Crippen LogP contribution in [-0.2, 0) is 25.7 Å². The molecule has 7 nitrogen and oxygen atoms in total. The van der Waals surface area contributed by atoms with Crippen molar-refractivity contribution in [3.8, 4) is 0 Å². The number of hydrogen-bond donors (Lipinski definition) is 2. The molecule has 2 N–H and O–H groups in total. The topological polar surface area (TPSA) is 93.7 Å². The Morgan fingerprint density at radius 2 is 1.76 bits per heavy atom. The number of ether oxygens (including phenoxy) is 2. The number of esters is 1. The van der Waals surface area contributed by atoms with Crippen LogP contribution in [0, 0.1) is 0 Å². The minimum absolute atomic E-state index is 0.0783. The molecule has 0 aromatic heterocycles. The lowest BCUT2D eigenvalue weighted by molar-refractivity contribution is -0.145. The average molecular weight is 407 g/mol. The molecular weight excluding hydrogens is 372 g/mol. The van der Waals surface area contributed by atoms with Crippen LogP contribution < -0.4 is 10.6 Å². The van der Waals surface area contributed by atoms with Crippen LogP contribution in [0.1, 0.15) is 65.4 Å². The fraction of sp³-hybridized carbons (Fsp3) is 0.591. The molecule has 1 aromatic rings. The van der Waals surface area contributed by atoms with E-state index >= 15 is 0 Å². The highest BCUT2D eigenvalue weighted by Gasteiger charge is 2.21. The summed E-state index contributed by atoms with van der Waals surface area (Å²) < 4.78 is 10.4. The lowest BCUT2D eigenvalue weighted by Gasteiger charge is -2.23. The van der Waals surface area contributed by atoms with Crippen LogP contribution in [0.15, 0.2) is 30.3 Å². The third-order valence-electron chi connectivity index (χ3n) is 3.98. The Morgan fingerprint density at radius 1 is 1.07 bits per heavy atom. The Morgan fingerprint density at radius 3 is 2.38 bits per heavy atom. The van der Waals surface area contributed by atoms with E-state index in [1.165, 1.54) is 0 Å². The summed E-state index contributed by atoms with van der Waals surface area (Å²) in [6, 6.07) is 8.97. The summed E-state index contributed by atoms with van der Waals surface area (Å²) >= 11 is 0. The highest BCUT2D eigenvalue weighted by atomic mass is 16.6. The molecule has 7 heteroatoms. The van der Waals surface area contributed by atoms with Gasteiger partial charge in [-0.1, -0.05) is 56.5 Å². The zero-order valence-electron chi connectivity index (χ0n) is 18.0. The zero-order valence-corrected chi connectivity index (χ0v) is 18.0. The van der Waals surface area contributed by atoms with Gasteiger partial charge >= 0.3 is 12.1 Å². The van der Waals surface area contributed by atoms with Crippen LogP contribution in [0.2, 0.25) is 0 Å². The number of hydrogen-bond acceptors (Lipinski definition) is 5. The second-order valence-corrected chi connectivity index (χ2v) is 7.97. The smallest absolute Gasteiger partial charge is 0.407 e. The molecule has 0 radical (unpaired) electrons. The zero-order chi connectivity index (χ0) is 21.7. The predicted octanol–water partition coefficient (Wildman–Crippen LogP) is 3.71. The van der Waals surface area contributed by atoms with E-state index < -0.39 is 17.7 Å². The first kappa shape index (κ1) is 24.5. The van der Waals surface area contributed by atoms with Crippen molar-refractivity contribution in [2.24, 2.45) is 0 Å². The lowest BCUT2D eigenvalue weighted by atomic mass is 10.1. The minimum Gasteiger partial charge on any atom is -0.460 e. The summed E-state index contributed by atoms with van der Waals surface area (Å²) in [5, 5.41) is 5.31. The molecule has 162 valence electrons. The quantitative estimate of drug-likeness (QED) is 0.432. The van der Waals surface area contributed by atoms with Gasteiger partial charge in [0.15, 0.2) is 0 Å². The molecule has 0 bridgehead atoms. The maximum Gasteiger partial charge on any atom is 0.407 e. The summed E-state index contributed by atoms with van der Waals surface area (Å²) in [5.74, 6) is -0.830. The molecule has 0 fully saturated rings. The van der Waals surface area contributed by atoms with Gasteiger partial charge in [-0.25, -0.2) is 4.79 Å². The van der Waals surface area contributed by atoms with E-state index in [2.05, 4.69) is 17.6 Å². The molecular formula is C22H34N2O5. The summed E-state index contributed by atoms with van der Waals surface area (Å²) in [6.07, 6.45) is 3.14. The molecule has 0 heterocycles. The Bertz CT molecular complexity index is 640. The molecule has 29 heavy (non-hydrogen) atoms. The number of nitrogens with one attached hydrogen (secondary N) is 2. The molecule has 1 rings (SSSR count). The molecule has 0 aliphatic heterocycles. The largest absolute Gasteiger partial charge is 0.460 e. The second-order valence-electron chi connectivity index (χ2n) is 7.97. The van der Waals surface area contributed by atoms with E-state index in [4.69, 9.17) is 9.47 Å². The summed E-state index contributed by atoms with van der Waals surface area (Å²) in [4.78, 5) is 36.1. The van der Waals surface area contributed by atoms with E-state index in [0.29, 0.717) is 6.42 Å². The number of alkyl carbamates (subject to hydrolysis) is 1. The molecule has 1 aromatic carbocycles. The number of amides is 2. The monoisotopic (exact) mass is 406 g/mol. The van der Waals surface area contributed by atoms with Crippen molar-refractivity contribution < 1.29 is 23.9 Å². The molecule has 0 unspecified atom stereocenters. The van der Waals surface area contributed by atoms with Gasteiger partial charge in [-0.15, -0.1) is 0 Å². The van der Waals surface area contributed by atoms with E-state index in [1.54, 1.807) is 20.8 Å². The van der Waals surface area contributed by atoms with Gasteiger partial charge in [0.2, 0.25) is 5.91 Å². The SMILES string of the molecule is CCCCC[C@@H](CC(=O)NCC(=O)OCc1ccccc1)NC(=O)OC(C)(C)C. The van der Waals surface area contributed by atoms with E-state index in [-0.39, 0.29) is 31.5 Å². The standard InChI is InChI=1S/C22H34N2O5/c1-5-6-8-13-18(24-21(27)29-22(2,3)4)14-19(25)23-15-20(26)28-16-17-11-9-7-10-12-17/h7,9-12,18H,5-6,8,13-16H2,1-4H3,(H,23,25)(H,24,27)/t18-/m0/s1. The summed E-state index contributed by atoms with van der Waals surface area (Å²) in [7, 11) is 0. The van der Waals surface area contributed by atoms with Crippen LogP contribution in [0.3, 0.4) is 0 Å². The van der Waals surface area contributed by atoms with Crippen LogP contribution in [0.4, 0.5) is 4.79 Å². The molecule has 0 aliphatic rings. The number of carbonyl (C=O) groups is 3. The maximum absolute atomic E-state index is 12.2. The van der Waals surface area contributed by atoms with Gasteiger partial charge in [0.05, 0.1) is 0 Å². The molecule has 2 amide bonds. The number of benzene rings is 1. The van der Waals surface area contributed by atoms with Crippen molar-refractivity contribution in [3.63, 3.8) is 0 Å². The molecule has 0 spiro atoms. The summed E-state index contributed by atoms with van der Waals surface area (Å²) in [5.41, 5.74) is 0.271. The van der Waals surface area contributed by atoms with Crippen molar-refractivity contribution in [3.05, 3.63) is 35.9 Å². The van der Waals surface area contributed by atoms with Crippen LogP contribution in [-0.4, -0.2) is 36.2 Å². The van der Waals surface area contributed by atoms with E-state index in [1.807, 2.05) is 30.3 Å². The lowest BCUT2D eigenvalue weighted by Crippen LogP contribution is -2.42. The van der Waals surface area contributed by atoms with Crippen LogP contribution in [0.25, 0.3) is 0 Å². The molecule has 0 saturated carbocycles. The fourth-order valence-electron chi connectivity index (χ4n) is 2.60. The van der Waals surface area contributed by atoms with Crippen molar-refractivity contribution in [1.29, 1.82) is 0 Å². The third kappa shape index (κ3) is 12.5. The number of carbonyl (C=O) groups excluding carboxylic acids is 3. The van der Waals surface area contributed by atoms with Gasteiger partial charge in [-0.3, -0.25) is 9.59 Å². The second kappa shape index (κ2) is 12.8. The highest BCUT2D eigenvalue weighted by Crippen LogP contribution is 2.10. The van der Waals surface area contributed by atoms with E-state index in [0.717, 1.165) is 24.8 Å². The van der Waals surface area contributed by atoms with Gasteiger partial charge in [0.25, 0.3) is 0 Å². The first-order valence-corrected chi connectivity index (χ1v) is 10.2. The molecule has 0 saturated heterocycles. The van der Waals surface area contributed by atoms with E-state index in [9.17, 15) is 14.4 Å². The number of unbranched alkanes of at least 4 members (excludes halogenated alkanes) is 2. The third-order valence-corrected chi connectivity index (χ3v) is 3.98. The first-order valence-electron chi connectivity index (χ1n) is 10.2. The Hall–Kier alpha value is -2.57. The normalized spacial score (nSPS) is 12.0. The van der Waals surface area contributed by atoms with Gasteiger partial charge < -0.3 is 20.1 Å². The molecule has 1 atom stereocenters. The van der Waals surface area contributed by atoms with Gasteiger partial charge in [-0.05, 0) is 32.8 Å². The van der Waals surface area contributed by atoms with Gasteiger partial charge in [0, 0.05) is 12.5 Å². The summed E-state index contributed by atoms with van der Waals surface area (Å²) in [6.45, 7) is 7.39. The fourth-order valence-corrected chi connectivity index (χ4v) is 2.60. The first-order chi connectivity index (χ1) is 13.7. The average Bonchev–Trinajstić information content (AvgIpc) is 2.64. The van der Waals surface area contributed by atoms with Crippen molar-refractivity contribution in [1.82, 2.24) is 10.6 Å². The predicted molar refractivity (Wildman–Crippen MR) is 111 cm³/mol. The number of rotatable bonds is 11. The minimum atomic E-state index is -0.608. The maximum atomic E-state index is 12.2. The molecule has 0 aliphatic carbocycles. The van der Waals surface area contributed by atoms with Gasteiger partial charge in [-0.2, -0.15) is 0 Å². The van der Waals surface area contributed by atoms with Crippen LogP contribution >= 0.6 is 0 Å². The Labute approximate surface area is 173 Å².